The average Bonchev–Trinajstić information content (AvgIpc) is 0.918. The molecule has 10 heavy (non-hydrogen) atoms. The summed E-state index contributed by atoms with van der Waals surface area (Å²) in [7, 11) is 9.81. The molecule has 12 N–H and O–H groups in total. The molecule has 0 aromatic carbocycles. The average molecular weight is 218 g/mol. The lowest BCUT2D eigenvalue weighted by Gasteiger charge is -1.33. The van der Waals surface area contributed by atoms with Crippen molar-refractivity contribution in [2.75, 3.05) is 0 Å². The van der Waals surface area contributed by atoms with Crippen LogP contribution in [0.15, 0.2) is 0 Å². The summed E-state index contributed by atoms with van der Waals surface area (Å²) in [5, 5.41) is 0. The predicted octanol–water partition coefficient (Wildman–Crippen LogP) is -3.50. The van der Waals surface area contributed by atoms with Gasteiger partial charge in [-0.2, -0.15) is 0 Å². The Labute approximate surface area is 76.6 Å². The highest BCUT2D eigenvalue weighted by Crippen LogP contribution is 1.67. The summed E-state index contributed by atoms with van der Waals surface area (Å²) in [6.07, 6.45) is 0. The molecule has 0 aliphatic carbocycles. The van der Waals surface area contributed by atoms with Gasteiger partial charge in [-0.1, -0.05) is 7.43 Å². The van der Waals surface area contributed by atoms with Crippen molar-refractivity contribution in [3.05, 3.63) is 7.43 Å². The molecule has 0 atom stereocenters. The van der Waals surface area contributed by atoms with Crippen molar-refractivity contribution in [3.63, 3.8) is 0 Å². The highest BCUT2D eigenvalue weighted by Gasteiger charge is 1.64. The standard InChI is InChI=1S/CH3.2ClH.Mg.6H2O/h1H3;2*1H;;6*1H2/q;;;+2;;;;;;/p-2. The molecule has 1 radical (unpaired) electrons. The van der Waals surface area contributed by atoms with E-state index in [0.29, 0.717) is 0 Å². The van der Waals surface area contributed by atoms with Gasteiger partial charge in [-0.15, -0.1) is 0 Å². The number of rotatable bonds is 0. The maximum atomic E-state index is 4.90. The lowest BCUT2D eigenvalue weighted by atomic mass is 12.0. The van der Waals surface area contributed by atoms with Gasteiger partial charge in [0.1, 0.15) is 0 Å². The van der Waals surface area contributed by atoms with Crippen molar-refractivity contribution in [3.8, 4) is 0 Å². The smallest absolute Gasteiger partial charge is 0.412 e. The molecule has 9 heteroatoms. The van der Waals surface area contributed by atoms with Crippen LogP contribution in [0.2, 0.25) is 0 Å². The van der Waals surface area contributed by atoms with Crippen LogP contribution in [0.5, 0.6) is 0 Å². The summed E-state index contributed by atoms with van der Waals surface area (Å²) < 4.78 is 0. The minimum Gasteiger partial charge on any atom is -0.412 e. The first-order valence-electron chi connectivity index (χ1n) is 0.535. The largest absolute Gasteiger partial charge is 0.618 e. The topological polar surface area (TPSA) is 189 Å². The molecule has 0 aromatic rings. The molecule has 0 amide bonds. The Hall–Kier alpha value is 1.11. The Balaban J connectivity index is -0.000000000952. The lowest BCUT2D eigenvalue weighted by molar-refractivity contribution is 0.823. The Bertz CT molecular complexity index is 15.7. The number of halogens is 2. The van der Waals surface area contributed by atoms with Gasteiger partial charge in [0.05, 0.1) is 0 Å². The van der Waals surface area contributed by atoms with Crippen LogP contribution < -0.4 is 0 Å². The zero-order valence-electron chi connectivity index (χ0n) is 5.46. The third-order valence-electron chi connectivity index (χ3n) is 0. The minimum absolute atomic E-state index is 0. The van der Waals surface area contributed by atoms with Crippen LogP contribution in [0.1, 0.15) is 0 Å². The van der Waals surface area contributed by atoms with Gasteiger partial charge in [0, 0.05) is 0 Å². The third kappa shape index (κ3) is 489. The molecule has 0 rings (SSSR count). The first-order valence-corrected chi connectivity index (χ1v) is 4.81. The van der Waals surface area contributed by atoms with Gasteiger partial charge in [-0.05, 0) is 0 Å². The van der Waals surface area contributed by atoms with E-state index in [1.165, 1.54) is 0 Å². The van der Waals surface area contributed by atoms with Gasteiger partial charge in [0.15, 0.2) is 0 Å². The van der Waals surface area contributed by atoms with Crippen molar-refractivity contribution in [1.29, 1.82) is 0 Å². The van der Waals surface area contributed by atoms with E-state index in [1.807, 2.05) is 0 Å². The van der Waals surface area contributed by atoms with Crippen LogP contribution in [-0.2, 0) is 0 Å². The fourth-order valence-electron chi connectivity index (χ4n) is 0. The Morgan fingerprint density at radius 1 is 0.600 bits per heavy atom. The van der Waals surface area contributed by atoms with Crippen LogP contribution >= 0.6 is 18.1 Å². The van der Waals surface area contributed by atoms with Crippen LogP contribution in [0.3, 0.4) is 0 Å². The third-order valence-corrected chi connectivity index (χ3v) is 0. The zero-order valence-corrected chi connectivity index (χ0v) is 8.39. The van der Waals surface area contributed by atoms with Crippen molar-refractivity contribution in [2.45, 2.75) is 0 Å². The molecule has 0 aromatic heterocycles. The van der Waals surface area contributed by atoms with Crippen molar-refractivity contribution >= 4 is 36.3 Å². The monoisotopic (exact) mass is 217 g/mol. The fourth-order valence-corrected chi connectivity index (χ4v) is 0. The maximum Gasteiger partial charge on any atom is 0.618 e. The first kappa shape index (κ1) is 118. The Kier molecular flexibility index (Phi) is 2220. The van der Waals surface area contributed by atoms with Gasteiger partial charge in [-0.25, -0.2) is 0 Å². The SMILES string of the molecule is O.O.O.O.O.O.[CH3].[Cl][Mg][Cl]. The molecule has 71 valence electrons. The van der Waals surface area contributed by atoms with Crippen LogP contribution in [0.4, 0.5) is 0 Å². The molecule has 0 saturated heterocycles. The quantitative estimate of drug-likeness (QED) is 0.365. The van der Waals surface area contributed by atoms with Crippen LogP contribution in [0, 0.1) is 7.43 Å². The van der Waals surface area contributed by atoms with Gasteiger partial charge < -0.3 is 51.0 Å². The Morgan fingerprint density at radius 3 is 0.600 bits per heavy atom. The molecule has 6 nitrogen and oxygen atoms in total. The molecular weight excluding hydrogens is 203 g/mol. The summed E-state index contributed by atoms with van der Waals surface area (Å²) >= 11 is -0.639. The molecule has 0 spiro atoms. The first-order chi connectivity index (χ1) is 1.41. The molecular formula is CH15Cl2MgO6. The van der Waals surface area contributed by atoms with Crippen LogP contribution in [-0.4, -0.2) is 51.0 Å². The van der Waals surface area contributed by atoms with E-state index in [2.05, 4.69) is 0 Å². The molecule has 0 unspecified atom stereocenters. The Morgan fingerprint density at radius 2 is 0.600 bits per heavy atom. The van der Waals surface area contributed by atoms with Gasteiger partial charge in [-0.3, -0.25) is 0 Å². The molecule has 0 aliphatic rings. The summed E-state index contributed by atoms with van der Waals surface area (Å²) in [4.78, 5) is 0. The van der Waals surface area contributed by atoms with E-state index in [4.69, 9.17) is 18.1 Å². The van der Waals surface area contributed by atoms with Crippen molar-refractivity contribution < 1.29 is 32.9 Å². The zero-order chi connectivity index (χ0) is 2.71. The van der Waals surface area contributed by atoms with Crippen LogP contribution in [0.25, 0.3) is 0 Å². The van der Waals surface area contributed by atoms with Gasteiger partial charge in [0.2, 0.25) is 0 Å². The highest BCUT2D eigenvalue weighted by molar-refractivity contribution is 7.22. The second-order valence-electron chi connectivity index (χ2n) is 0.101. The van der Waals surface area contributed by atoms with E-state index in [-0.39, 0.29) is 40.3 Å². The molecule has 0 saturated carbocycles. The molecule has 0 fully saturated rings. The second-order valence-corrected chi connectivity index (χ2v) is 2.73. The van der Waals surface area contributed by atoms with E-state index in [1.54, 1.807) is 0 Å². The van der Waals surface area contributed by atoms with Crippen molar-refractivity contribution in [1.82, 2.24) is 0 Å². The lowest BCUT2D eigenvalue weighted by Crippen LogP contribution is -1.36. The fraction of sp³-hybridized carbons (Fsp3) is 0. The summed E-state index contributed by atoms with van der Waals surface area (Å²) in [6, 6.07) is 0. The normalized spacial score (nSPS) is 1.00. The number of hydrogen-bond donors (Lipinski definition) is 0. The van der Waals surface area contributed by atoms with E-state index >= 15 is 0 Å². The summed E-state index contributed by atoms with van der Waals surface area (Å²) in [5.41, 5.74) is 0. The van der Waals surface area contributed by atoms with Crippen molar-refractivity contribution in [2.24, 2.45) is 0 Å². The second kappa shape index (κ2) is 189. The number of hydrogen-bond acceptors (Lipinski definition) is 0. The minimum atomic E-state index is -0.639. The molecule has 0 aliphatic heterocycles. The van der Waals surface area contributed by atoms with E-state index in [0.717, 1.165) is 0 Å². The van der Waals surface area contributed by atoms with E-state index < -0.39 is 18.2 Å². The highest BCUT2D eigenvalue weighted by atomic mass is 35.6. The molecule has 0 heterocycles. The van der Waals surface area contributed by atoms with Gasteiger partial charge in [0.25, 0.3) is 0 Å². The summed E-state index contributed by atoms with van der Waals surface area (Å²) in [6.45, 7) is 0. The van der Waals surface area contributed by atoms with E-state index in [9.17, 15) is 0 Å². The molecule has 0 bridgehead atoms. The van der Waals surface area contributed by atoms with Gasteiger partial charge >= 0.3 is 18.2 Å². The summed E-state index contributed by atoms with van der Waals surface area (Å²) in [5.74, 6) is 0. The predicted molar refractivity (Wildman–Crippen MR) is 45.6 cm³/mol. The maximum absolute atomic E-state index is 4.90.